The van der Waals surface area contributed by atoms with Gasteiger partial charge in [0.25, 0.3) is 11.6 Å². The van der Waals surface area contributed by atoms with Crippen molar-refractivity contribution in [2.24, 2.45) is 0 Å². The highest BCUT2D eigenvalue weighted by molar-refractivity contribution is 9.10. The van der Waals surface area contributed by atoms with E-state index < -0.39 is 4.92 Å². The zero-order valence-electron chi connectivity index (χ0n) is 16.1. The Balaban J connectivity index is 1.79. The van der Waals surface area contributed by atoms with Crippen LogP contribution in [0.25, 0.3) is 11.8 Å². The van der Waals surface area contributed by atoms with E-state index in [1.54, 1.807) is 23.1 Å². The zero-order chi connectivity index (χ0) is 21.3. The predicted molar refractivity (Wildman–Crippen MR) is 122 cm³/mol. The lowest BCUT2D eigenvalue weighted by atomic mass is 10.1. The van der Waals surface area contributed by atoms with Gasteiger partial charge in [-0.15, -0.1) is 0 Å². The van der Waals surface area contributed by atoms with Gasteiger partial charge in [-0.25, -0.2) is 0 Å². The Kier molecular flexibility index (Phi) is 5.33. The number of nitro groups is 1. The van der Waals surface area contributed by atoms with Crippen LogP contribution >= 0.6 is 15.9 Å². The van der Waals surface area contributed by atoms with E-state index in [0.717, 1.165) is 32.5 Å². The van der Waals surface area contributed by atoms with Crippen LogP contribution in [0.15, 0.2) is 88.9 Å². The first kappa shape index (κ1) is 19.8. The number of nitro benzene ring substituents is 1. The molecule has 1 aliphatic rings. The van der Waals surface area contributed by atoms with E-state index in [2.05, 4.69) is 15.9 Å². The van der Waals surface area contributed by atoms with Crippen LogP contribution in [0.2, 0.25) is 0 Å². The predicted octanol–water partition coefficient (Wildman–Crippen LogP) is 6.14. The molecule has 0 atom stereocenters. The van der Waals surface area contributed by atoms with E-state index in [9.17, 15) is 14.9 Å². The summed E-state index contributed by atoms with van der Waals surface area (Å²) in [6.07, 6.45) is 3.60. The van der Waals surface area contributed by atoms with Crippen LogP contribution in [-0.2, 0) is 4.79 Å². The van der Waals surface area contributed by atoms with Gasteiger partial charge in [-0.1, -0.05) is 51.8 Å². The van der Waals surface area contributed by atoms with E-state index >= 15 is 0 Å². The molecule has 0 saturated heterocycles. The highest BCUT2D eigenvalue weighted by Crippen LogP contribution is 2.36. The maximum absolute atomic E-state index is 13.3. The number of rotatable bonds is 4. The molecule has 5 nitrogen and oxygen atoms in total. The highest BCUT2D eigenvalue weighted by Gasteiger charge is 2.30. The van der Waals surface area contributed by atoms with Gasteiger partial charge in [0.05, 0.1) is 16.3 Å². The van der Waals surface area contributed by atoms with E-state index in [1.807, 2.05) is 61.5 Å². The Labute approximate surface area is 182 Å². The topological polar surface area (TPSA) is 63.5 Å². The summed E-state index contributed by atoms with van der Waals surface area (Å²) in [5, 5.41) is 10.9. The maximum atomic E-state index is 13.3. The van der Waals surface area contributed by atoms with Crippen LogP contribution in [0.5, 0.6) is 0 Å². The number of aryl methyl sites for hydroxylation is 1. The van der Waals surface area contributed by atoms with Gasteiger partial charge in [-0.3, -0.25) is 19.8 Å². The van der Waals surface area contributed by atoms with Gasteiger partial charge in [-0.05, 0) is 60.5 Å². The number of carbonyl (C=O) groups is 1. The molecule has 1 amide bonds. The molecular formula is C24H17BrN2O3. The molecule has 4 rings (SSSR count). The molecule has 3 aromatic rings. The summed E-state index contributed by atoms with van der Waals surface area (Å²) in [7, 11) is 0. The lowest BCUT2D eigenvalue weighted by molar-refractivity contribution is -0.384. The number of non-ortho nitro benzene ring substituents is 1. The fourth-order valence-electron chi connectivity index (χ4n) is 3.30. The minimum Gasteiger partial charge on any atom is -0.276 e. The van der Waals surface area contributed by atoms with Gasteiger partial charge in [-0.2, -0.15) is 0 Å². The normalized spacial score (nSPS) is 14.9. The van der Waals surface area contributed by atoms with Crippen molar-refractivity contribution < 1.29 is 9.72 Å². The fraction of sp³-hybridized carbons (Fsp3) is 0.0417. The highest BCUT2D eigenvalue weighted by atomic mass is 79.9. The number of halogens is 1. The summed E-state index contributed by atoms with van der Waals surface area (Å²) >= 11 is 3.48. The Morgan fingerprint density at radius 1 is 1.00 bits per heavy atom. The van der Waals surface area contributed by atoms with Crippen molar-refractivity contribution in [2.45, 2.75) is 6.92 Å². The van der Waals surface area contributed by atoms with Crippen molar-refractivity contribution in [3.8, 4) is 0 Å². The Morgan fingerprint density at radius 2 is 1.70 bits per heavy atom. The van der Waals surface area contributed by atoms with E-state index in [0.29, 0.717) is 5.57 Å². The summed E-state index contributed by atoms with van der Waals surface area (Å²) in [4.78, 5) is 25.5. The lowest BCUT2D eigenvalue weighted by Gasteiger charge is -2.21. The number of carbonyl (C=O) groups excluding carboxylic acids is 1. The molecule has 0 aromatic heterocycles. The molecule has 0 bridgehead atoms. The fourth-order valence-corrected chi connectivity index (χ4v) is 3.68. The Morgan fingerprint density at radius 3 is 2.33 bits per heavy atom. The van der Waals surface area contributed by atoms with Crippen LogP contribution in [-0.4, -0.2) is 10.8 Å². The van der Waals surface area contributed by atoms with Crippen molar-refractivity contribution in [3.05, 3.63) is 116 Å². The Bertz CT molecular complexity index is 1200. The summed E-state index contributed by atoms with van der Waals surface area (Å²) < 4.78 is 0.879. The lowest BCUT2D eigenvalue weighted by Crippen LogP contribution is -2.24. The summed E-state index contributed by atoms with van der Waals surface area (Å²) in [5.74, 6) is -0.151. The molecule has 148 valence electrons. The number of hydrogen-bond acceptors (Lipinski definition) is 3. The average molecular weight is 461 g/mol. The van der Waals surface area contributed by atoms with E-state index in [4.69, 9.17) is 0 Å². The van der Waals surface area contributed by atoms with Crippen molar-refractivity contribution in [3.63, 3.8) is 0 Å². The molecule has 0 saturated carbocycles. The van der Waals surface area contributed by atoms with Crippen LogP contribution in [0.3, 0.4) is 0 Å². The van der Waals surface area contributed by atoms with Crippen LogP contribution in [0.1, 0.15) is 16.7 Å². The summed E-state index contributed by atoms with van der Waals surface area (Å²) in [5.41, 5.74) is 4.86. The third kappa shape index (κ3) is 3.95. The molecule has 1 aliphatic heterocycles. The van der Waals surface area contributed by atoms with Gasteiger partial charge in [0.15, 0.2) is 0 Å². The molecule has 0 unspecified atom stereocenters. The van der Waals surface area contributed by atoms with Crippen LogP contribution in [0, 0.1) is 17.0 Å². The molecule has 3 aromatic carbocycles. The molecule has 30 heavy (non-hydrogen) atoms. The minimum atomic E-state index is -0.442. The molecule has 0 fully saturated rings. The minimum absolute atomic E-state index is 0.0153. The molecule has 0 aliphatic carbocycles. The van der Waals surface area contributed by atoms with Gasteiger partial charge in [0.1, 0.15) is 0 Å². The third-order valence-electron chi connectivity index (χ3n) is 4.82. The number of anilines is 1. The quantitative estimate of drug-likeness (QED) is 0.267. The van der Waals surface area contributed by atoms with Crippen molar-refractivity contribution >= 4 is 45.0 Å². The molecule has 0 radical (unpaired) electrons. The smallest absolute Gasteiger partial charge is 0.269 e. The van der Waals surface area contributed by atoms with Gasteiger partial charge in [0.2, 0.25) is 0 Å². The summed E-state index contributed by atoms with van der Waals surface area (Å²) in [6, 6.07) is 21.7. The number of benzene rings is 3. The van der Waals surface area contributed by atoms with E-state index in [-0.39, 0.29) is 11.6 Å². The Hall–Kier alpha value is -3.51. The first-order chi connectivity index (χ1) is 14.4. The number of amides is 1. The zero-order valence-corrected chi connectivity index (χ0v) is 17.7. The second-order valence-corrected chi connectivity index (χ2v) is 7.88. The van der Waals surface area contributed by atoms with Crippen LogP contribution in [0.4, 0.5) is 11.4 Å². The first-order valence-corrected chi connectivity index (χ1v) is 10.1. The molecular weight excluding hydrogens is 444 g/mol. The van der Waals surface area contributed by atoms with Gasteiger partial charge >= 0.3 is 0 Å². The van der Waals surface area contributed by atoms with Crippen LogP contribution < -0.4 is 4.90 Å². The van der Waals surface area contributed by atoms with Crippen molar-refractivity contribution in [2.75, 3.05) is 4.90 Å². The number of hydrogen-bond donors (Lipinski definition) is 0. The number of nitrogens with zero attached hydrogens (tertiary/aromatic N) is 2. The van der Waals surface area contributed by atoms with Gasteiger partial charge < -0.3 is 0 Å². The maximum Gasteiger partial charge on any atom is 0.269 e. The average Bonchev–Trinajstić information content (AvgIpc) is 3.05. The first-order valence-electron chi connectivity index (χ1n) is 9.27. The standard InChI is InChI=1S/C24H17BrN2O3/c1-16-5-9-18(10-6-16)23-14-19(13-17-7-11-21(12-8-17)27(29)30)24(28)26(23)22-4-2-3-20(25)15-22/h2-15H,1H3/b19-13+. The molecule has 1 heterocycles. The second-order valence-electron chi connectivity index (χ2n) is 6.96. The monoisotopic (exact) mass is 460 g/mol. The summed E-state index contributed by atoms with van der Waals surface area (Å²) in [6.45, 7) is 2.02. The van der Waals surface area contributed by atoms with Crippen molar-refractivity contribution in [1.29, 1.82) is 0 Å². The molecule has 0 N–H and O–H groups in total. The SMILES string of the molecule is Cc1ccc(C2=C/C(=C\c3ccc([N+](=O)[O-])cc3)C(=O)N2c2cccc(Br)c2)cc1. The van der Waals surface area contributed by atoms with Gasteiger partial charge in [0, 0.05) is 22.2 Å². The largest absolute Gasteiger partial charge is 0.276 e. The molecule has 6 heteroatoms. The van der Waals surface area contributed by atoms with Crippen molar-refractivity contribution in [1.82, 2.24) is 0 Å². The molecule has 0 spiro atoms. The second kappa shape index (κ2) is 8.08. The third-order valence-corrected chi connectivity index (χ3v) is 5.32. The van der Waals surface area contributed by atoms with E-state index in [1.165, 1.54) is 12.1 Å².